The highest BCUT2D eigenvalue weighted by Gasteiger charge is 2.02. The molecule has 0 aromatic carbocycles. The molecule has 0 saturated carbocycles. The Morgan fingerprint density at radius 2 is 1.79 bits per heavy atom. The third-order valence-electron chi connectivity index (χ3n) is 2.04. The van der Waals surface area contributed by atoms with E-state index in [-0.39, 0.29) is 0 Å². The molecule has 0 atom stereocenters. The van der Waals surface area contributed by atoms with Crippen molar-refractivity contribution < 1.29 is 0 Å². The minimum atomic E-state index is 0.929. The van der Waals surface area contributed by atoms with Gasteiger partial charge in [0.15, 0.2) is 0 Å². The van der Waals surface area contributed by atoms with Gasteiger partial charge in [-0.1, -0.05) is 6.07 Å². The Labute approximate surface area is 83.1 Å². The summed E-state index contributed by atoms with van der Waals surface area (Å²) in [4.78, 5) is 10.3. The largest absolute Gasteiger partial charge is 0.329 e. The van der Waals surface area contributed by atoms with Gasteiger partial charge < -0.3 is 4.90 Å². The maximum atomic E-state index is 4.26. The van der Waals surface area contributed by atoms with Crippen LogP contribution in [0, 0.1) is 0 Å². The molecular formula is C11H11N3. The number of hydrogen-bond donors (Lipinski definition) is 0. The first-order valence-electron chi connectivity index (χ1n) is 4.43. The molecule has 0 spiro atoms. The minimum Gasteiger partial charge on any atom is -0.329 e. The molecule has 0 fully saturated rings. The summed E-state index contributed by atoms with van der Waals surface area (Å²) in [6.07, 6.45) is 5.33. The smallest absolute Gasteiger partial charge is 0.132 e. The van der Waals surface area contributed by atoms with E-state index >= 15 is 0 Å². The summed E-state index contributed by atoms with van der Waals surface area (Å²) in [6, 6.07) is 9.76. The van der Waals surface area contributed by atoms with Crippen molar-refractivity contribution in [3.63, 3.8) is 0 Å². The highest BCUT2D eigenvalue weighted by atomic mass is 15.2. The van der Waals surface area contributed by atoms with Gasteiger partial charge in [0, 0.05) is 31.3 Å². The molecule has 2 rings (SSSR count). The van der Waals surface area contributed by atoms with E-state index < -0.39 is 0 Å². The summed E-state index contributed by atoms with van der Waals surface area (Å²) < 4.78 is 0. The molecule has 0 aliphatic rings. The van der Waals surface area contributed by atoms with Crippen molar-refractivity contribution in [3.05, 3.63) is 48.9 Å². The lowest BCUT2D eigenvalue weighted by molar-refractivity contribution is 1.12. The second kappa shape index (κ2) is 3.87. The summed E-state index contributed by atoms with van der Waals surface area (Å²) in [5, 5.41) is 0. The van der Waals surface area contributed by atoms with Gasteiger partial charge in [-0.05, 0) is 24.3 Å². The zero-order valence-electron chi connectivity index (χ0n) is 7.96. The van der Waals surface area contributed by atoms with Crippen molar-refractivity contribution in [2.24, 2.45) is 0 Å². The number of aromatic nitrogens is 2. The average Bonchev–Trinajstić information content (AvgIpc) is 2.30. The Kier molecular flexibility index (Phi) is 2.40. The molecule has 2 aromatic heterocycles. The van der Waals surface area contributed by atoms with Gasteiger partial charge in [0.05, 0.1) is 0 Å². The van der Waals surface area contributed by atoms with Crippen LogP contribution in [0.5, 0.6) is 0 Å². The Morgan fingerprint density at radius 3 is 2.43 bits per heavy atom. The third kappa shape index (κ3) is 1.71. The summed E-state index contributed by atoms with van der Waals surface area (Å²) in [6.45, 7) is 0. The van der Waals surface area contributed by atoms with E-state index in [1.807, 2.05) is 42.3 Å². The molecule has 0 saturated heterocycles. The van der Waals surface area contributed by atoms with Crippen LogP contribution in [0.1, 0.15) is 0 Å². The predicted octanol–water partition coefficient (Wildman–Crippen LogP) is 2.24. The summed E-state index contributed by atoms with van der Waals surface area (Å²) in [5.74, 6) is 0.929. The molecule has 3 heteroatoms. The van der Waals surface area contributed by atoms with Gasteiger partial charge in [0.2, 0.25) is 0 Å². The van der Waals surface area contributed by atoms with Crippen LogP contribution >= 0.6 is 0 Å². The zero-order valence-corrected chi connectivity index (χ0v) is 7.96. The molecule has 2 heterocycles. The molecule has 0 amide bonds. The number of hydrogen-bond acceptors (Lipinski definition) is 3. The maximum Gasteiger partial charge on any atom is 0.132 e. The SMILES string of the molecule is CN(c1ccncc1)c1ccccn1. The van der Waals surface area contributed by atoms with Crippen molar-refractivity contribution in [1.29, 1.82) is 0 Å². The van der Waals surface area contributed by atoms with Crippen LogP contribution in [0.15, 0.2) is 48.9 Å². The zero-order chi connectivity index (χ0) is 9.80. The monoisotopic (exact) mass is 185 g/mol. The standard InChI is InChI=1S/C11H11N3/c1-14(10-5-8-12-9-6-10)11-4-2-3-7-13-11/h2-9H,1H3. The summed E-state index contributed by atoms with van der Waals surface area (Å²) in [7, 11) is 1.98. The normalized spacial score (nSPS) is 9.79. The lowest BCUT2D eigenvalue weighted by atomic mass is 10.3. The van der Waals surface area contributed by atoms with Crippen LogP contribution in [0.2, 0.25) is 0 Å². The van der Waals surface area contributed by atoms with Gasteiger partial charge in [-0.2, -0.15) is 0 Å². The molecule has 3 nitrogen and oxygen atoms in total. The molecule has 0 aliphatic carbocycles. The van der Waals surface area contributed by atoms with Crippen LogP contribution in [0.4, 0.5) is 11.5 Å². The molecule has 0 unspecified atom stereocenters. The number of rotatable bonds is 2. The summed E-state index contributed by atoms with van der Waals surface area (Å²) in [5.41, 5.74) is 1.08. The van der Waals surface area contributed by atoms with Gasteiger partial charge in [-0.25, -0.2) is 4.98 Å². The third-order valence-corrected chi connectivity index (χ3v) is 2.04. The van der Waals surface area contributed by atoms with Crippen LogP contribution in [0.25, 0.3) is 0 Å². The van der Waals surface area contributed by atoms with Crippen LogP contribution in [-0.4, -0.2) is 17.0 Å². The highest BCUT2D eigenvalue weighted by Crippen LogP contribution is 2.19. The lowest BCUT2D eigenvalue weighted by Crippen LogP contribution is -2.10. The highest BCUT2D eigenvalue weighted by molar-refractivity contribution is 5.57. The van der Waals surface area contributed by atoms with Gasteiger partial charge in [-0.3, -0.25) is 4.98 Å². The fourth-order valence-electron chi connectivity index (χ4n) is 1.25. The maximum absolute atomic E-state index is 4.26. The minimum absolute atomic E-state index is 0.929. The first-order chi connectivity index (χ1) is 6.88. The van der Waals surface area contributed by atoms with Crippen LogP contribution in [0.3, 0.4) is 0 Å². The topological polar surface area (TPSA) is 29.0 Å². The van der Waals surface area contributed by atoms with Crippen LogP contribution < -0.4 is 4.90 Å². The Balaban J connectivity index is 2.30. The molecule has 2 aromatic rings. The Hall–Kier alpha value is -1.90. The second-order valence-electron chi connectivity index (χ2n) is 2.95. The van der Waals surface area contributed by atoms with Gasteiger partial charge in [0.1, 0.15) is 5.82 Å². The van der Waals surface area contributed by atoms with Crippen molar-refractivity contribution in [2.75, 3.05) is 11.9 Å². The molecule has 0 aliphatic heterocycles. The van der Waals surface area contributed by atoms with E-state index in [0.717, 1.165) is 11.5 Å². The van der Waals surface area contributed by atoms with Gasteiger partial charge in [0.25, 0.3) is 0 Å². The average molecular weight is 185 g/mol. The molecule has 0 N–H and O–H groups in total. The predicted molar refractivity (Wildman–Crippen MR) is 56.5 cm³/mol. The first-order valence-corrected chi connectivity index (χ1v) is 4.43. The van der Waals surface area contributed by atoms with Crippen LogP contribution in [-0.2, 0) is 0 Å². The summed E-state index contributed by atoms with van der Waals surface area (Å²) >= 11 is 0. The lowest BCUT2D eigenvalue weighted by Gasteiger charge is -2.17. The van der Waals surface area contributed by atoms with Crippen molar-refractivity contribution in [1.82, 2.24) is 9.97 Å². The molecule has 0 radical (unpaired) electrons. The Bertz CT molecular complexity index is 346. The molecule has 70 valence electrons. The van der Waals surface area contributed by atoms with Gasteiger partial charge in [-0.15, -0.1) is 0 Å². The van der Waals surface area contributed by atoms with E-state index in [1.54, 1.807) is 18.6 Å². The molecular weight excluding hydrogens is 174 g/mol. The number of nitrogens with zero attached hydrogens (tertiary/aromatic N) is 3. The van der Waals surface area contributed by atoms with E-state index in [2.05, 4.69) is 9.97 Å². The fourth-order valence-corrected chi connectivity index (χ4v) is 1.25. The quantitative estimate of drug-likeness (QED) is 0.718. The molecule has 14 heavy (non-hydrogen) atoms. The Morgan fingerprint density at radius 1 is 1.00 bits per heavy atom. The van der Waals surface area contributed by atoms with Crippen molar-refractivity contribution in [2.45, 2.75) is 0 Å². The van der Waals surface area contributed by atoms with E-state index in [9.17, 15) is 0 Å². The number of anilines is 2. The fraction of sp³-hybridized carbons (Fsp3) is 0.0909. The van der Waals surface area contributed by atoms with Crippen molar-refractivity contribution in [3.8, 4) is 0 Å². The van der Waals surface area contributed by atoms with E-state index in [0.29, 0.717) is 0 Å². The van der Waals surface area contributed by atoms with E-state index in [4.69, 9.17) is 0 Å². The number of pyridine rings is 2. The van der Waals surface area contributed by atoms with E-state index in [1.165, 1.54) is 0 Å². The second-order valence-corrected chi connectivity index (χ2v) is 2.95. The first kappa shape index (κ1) is 8.69. The molecule has 0 bridgehead atoms. The van der Waals surface area contributed by atoms with Crippen molar-refractivity contribution >= 4 is 11.5 Å². The van der Waals surface area contributed by atoms with Gasteiger partial charge >= 0.3 is 0 Å².